The summed E-state index contributed by atoms with van der Waals surface area (Å²) in [5, 5.41) is 19.5. The highest BCUT2D eigenvalue weighted by atomic mass is 32.2. The molecule has 0 radical (unpaired) electrons. The average molecular weight is 452 g/mol. The highest BCUT2D eigenvalue weighted by molar-refractivity contribution is 7.99. The number of tetrazole rings is 1. The van der Waals surface area contributed by atoms with Crippen molar-refractivity contribution < 1.29 is 14.3 Å². The number of ether oxygens (including phenoxy) is 2. The number of rotatable bonds is 9. The Kier molecular flexibility index (Phi) is 6.66. The van der Waals surface area contributed by atoms with Gasteiger partial charge in [0.1, 0.15) is 17.3 Å². The van der Waals surface area contributed by atoms with Gasteiger partial charge in [-0.05, 0) is 40.3 Å². The van der Waals surface area contributed by atoms with Gasteiger partial charge in [0, 0.05) is 12.1 Å². The minimum Gasteiger partial charge on any atom is -0.497 e. The smallest absolute Gasteiger partial charge is 0.235 e. The lowest BCUT2D eigenvalue weighted by Crippen LogP contribution is -2.18. The van der Waals surface area contributed by atoms with E-state index in [-0.39, 0.29) is 11.7 Å². The monoisotopic (exact) mass is 451 g/mol. The molecule has 32 heavy (non-hydrogen) atoms. The molecule has 164 valence electrons. The fourth-order valence-electron chi connectivity index (χ4n) is 2.95. The summed E-state index contributed by atoms with van der Waals surface area (Å²) in [6, 6.07) is 16.8. The SMILES string of the molecule is COc1ccc(Cn2nccc2NC(=O)CSc2nnnn2-c2cccc(OC)c2)cc1. The fourth-order valence-corrected chi connectivity index (χ4v) is 3.64. The number of thioether (sulfide) groups is 1. The second-order valence-corrected chi connectivity index (χ2v) is 7.58. The third-order valence-electron chi connectivity index (χ3n) is 4.55. The first-order valence-electron chi connectivity index (χ1n) is 9.66. The number of amides is 1. The molecule has 0 aliphatic rings. The molecule has 0 fully saturated rings. The lowest BCUT2D eigenvalue weighted by Gasteiger charge is -2.10. The van der Waals surface area contributed by atoms with Crippen LogP contribution in [0, 0.1) is 0 Å². The third-order valence-corrected chi connectivity index (χ3v) is 5.47. The van der Waals surface area contributed by atoms with Gasteiger partial charge in [-0.25, -0.2) is 4.68 Å². The zero-order valence-corrected chi connectivity index (χ0v) is 18.3. The van der Waals surface area contributed by atoms with Gasteiger partial charge >= 0.3 is 0 Å². The van der Waals surface area contributed by atoms with E-state index in [9.17, 15) is 4.79 Å². The molecule has 0 saturated heterocycles. The number of carbonyl (C=O) groups excluding carboxylic acids is 1. The lowest BCUT2D eigenvalue weighted by molar-refractivity contribution is -0.113. The van der Waals surface area contributed by atoms with Gasteiger partial charge in [-0.15, -0.1) is 5.10 Å². The standard InChI is InChI=1S/C21H21N7O3S/c1-30-17-8-6-15(7-9-17)13-27-19(10-11-22-27)23-20(29)14-32-21-24-25-26-28(21)16-4-3-5-18(12-16)31-2/h3-12H,13-14H2,1-2H3,(H,23,29). The van der Waals surface area contributed by atoms with Gasteiger partial charge in [-0.2, -0.15) is 9.78 Å². The molecule has 2 aromatic carbocycles. The Labute approximate surface area is 188 Å². The number of carbonyl (C=O) groups is 1. The number of nitrogens with zero attached hydrogens (tertiary/aromatic N) is 6. The van der Waals surface area contributed by atoms with E-state index in [1.165, 1.54) is 11.8 Å². The first kappa shape index (κ1) is 21.4. The van der Waals surface area contributed by atoms with E-state index in [1.54, 1.807) is 35.8 Å². The summed E-state index contributed by atoms with van der Waals surface area (Å²) in [6.45, 7) is 0.522. The summed E-state index contributed by atoms with van der Waals surface area (Å²) in [5.74, 6) is 2.04. The number of aromatic nitrogens is 6. The molecular formula is C21H21N7O3S. The minimum absolute atomic E-state index is 0.137. The highest BCUT2D eigenvalue weighted by Crippen LogP contribution is 2.22. The molecule has 2 aromatic heterocycles. The van der Waals surface area contributed by atoms with Crippen molar-refractivity contribution in [2.75, 3.05) is 25.3 Å². The van der Waals surface area contributed by atoms with E-state index >= 15 is 0 Å². The molecule has 4 aromatic rings. The predicted molar refractivity (Wildman–Crippen MR) is 119 cm³/mol. The van der Waals surface area contributed by atoms with Crippen LogP contribution < -0.4 is 14.8 Å². The van der Waals surface area contributed by atoms with Crippen molar-refractivity contribution in [1.29, 1.82) is 0 Å². The fraction of sp³-hybridized carbons (Fsp3) is 0.190. The van der Waals surface area contributed by atoms with Gasteiger partial charge in [-0.1, -0.05) is 30.0 Å². The van der Waals surface area contributed by atoms with Gasteiger partial charge in [0.15, 0.2) is 0 Å². The first-order chi connectivity index (χ1) is 15.7. The van der Waals surface area contributed by atoms with E-state index in [0.29, 0.717) is 23.3 Å². The number of benzene rings is 2. The topological polar surface area (TPSA) is 109 Å². The number of hydrogen-bond acceptors (Lipinski definition) is 8. The molecule has 4 rings (SSSR count). The Morgan fingerprint density at radius 3 is 2.66 bits per heavy atom. The van der Waals surface area contributed by atoms with Crippen LogP contribution in [0.3, 0.4) is 0 Å². The number of methoxy groups -OCH3 is 2. The minimum atomic E-state index is -0.188. The molecule has 0 spiro atoms. The molecular weight excluding hydrogens is 430 g/mol. The molecule has 0 aliphatic carbocycles. The molecule has 10 nitrogen and oxygen atoms in total. The third kappa shape index (κ3) is 5.06. The number of anilines is 1. The average Bonchev–Trinajstić information content (AvgIpc) is 3.48. The van der Waals surface area contributed by atoms with Gasteiger partial charge in [0.2, 0.25) is 11.1 Å². The summed E-state index contributed by atoms with van der Waals surface area (Å²) in [4.78, 5) is 12.6. The summed E-state index contributed by atoms with van der Waals surface area (Å²) < 4.78 is 13.7. The van der Waals surface area contributed by atoms with E-state index in [1.807, 2.05) is 48.5 Å². The van der Waals surface area contributed by atoms with E-state index in [0.717, 1.165) is 17.0 Å². The summed E-state index contributed by atoms with van der Waals surface area (Å²) >= 11 is 1.24. The maximum Gasteiger partial charge on any atom is 0.235 e. The summed E-state index contributed by atoms with van der Waals surface area (Å²) in [6.07, 6.45) is 1.65. The quantitative estimate of drug-likeness (QED) is 0.387. The molecule has 0 unspecified atom stereocenters. The van der Waals surface area contributed by atoms with Crippen molar-refractivity contribution in [3.05, 3.63) is 66.4 Å². The van der Waals surface area contributed by atoms with Crippen molar-refractivity contribution >= 4 is 23.5 Å². The highest BCUT2D eigenvalue weighted by Gasteiger charge is 2.14. The largest absolute Gasteiger partial charge is 0.497 e. The Morgan fingerprint density at radius 1 is 1.06 bits per heavy atom. The van der Waals surface area contributed by atoms with Gasteiger partial charge < -0.3 is 14.8 Å². The zero-order chi connectivity index (χ0) is 22.3. The zero-order valence-electron chi connectivity index (χ0n) is 17.5. The van der Waals surface area contributed by atoms with E-state index in [4.69, 9.17) is 9.47 Å². The first-order valence-corrected chi connectivity index (χ1v) is 10.6. The predicted octanol–water partition coefficient (Wildman–Crippen LogP) is 2.66. The number of nitrogens with one attached hydrogen (secondary N) is 1. The molecule has 0 aliphatic heterocycles. The van der Waals surface area contributed by atoms with Crippen molar-refractivity contribution in [3.8, 4) is 17.2 Å². The maximum atomic E-state index is 12.6. The van der Waals surface area contributed by atoms with Crippen LogP contribution in [-0.4, -0.2) is 55.9 Å². The molecule has 1 N–H and O–H groups in total. The van der Waals surface area contributed by atoms with Crippen LogP contribution in [-0.2, 0) is 11.3 Å². The molecule has 11 heteroatoms. The molecule has 0 atom stereocenters. The van der Waals surface area contributed by atoms with Gasteiger partial charge in [-0.3, -0.25) is 4.79 Å². The van der Waals surface area contributed by atoms with Crippen LogP contribution in [0.25, 0.3) is 5.69 Å². The van der Waals surface area contributed by atoms with Crippen molar-refractivity contribution in [2.24, 2.45) is 0 Å². The molecule has 1 amide bonds. The van der Waals surface area contributed by atoms with Crippen LogP contribution in [0.2, 0.25) is 0 Å². The van der Waals surface area contributed by atoms with Crippen LogP contribution in [0.5, 0.6) is 11.5 Å². The number of hydrogen-bond donors (Lipinski definition) is 1. The van der Waals surface area contributed by atoms with Crippen molar-refractivity contribution in [2.45, 2.75) is 11.7 Å². The summed E-state index contributed by atoms with van der Waals surface area (Å²) in [7, 11) is 3.22. The van der Waals surface area contributed by atoms with Crippen LogP contribution >= 0.6 is 11.8 Å². The Balaban J connectivity index is 1.37. The summed E-state index contributed by atoms with van der Waals surface area (Å²) in [5.41, 5.74) is 1.78. The van der Waals surface area contributed by atoms with Crippen LogP contribution in [0.15, 0.2) is 66.0 Å². The Bertz CT molecular complexity index is 1190. The van der Waals surface area contributed by atoms with Gasteiger partial charge in [0.05, 0.1) is 38.4 Å². The Hall–Kier alpha value is -3.86. The van der Waals surface area contributed by atoms with Gasteiger partial charge in [0.25, 0.3) is 0 Å². The second-order valence-electron chi connectivity index (χ2n) is 6.63. The molecule has 0 saturated carbocycles. The second kappa shape index (κ2) is 9.96. The van der Waals surface area contributed by atoms with Crippen LogP contribution in [0.4, 0.5) is 5.82 Å². The molecule has 2 heterocycles. The van der Waals surface area contributed by atoms with Crippen molar-refractivity contribution in [1.82, 2.24) is 30.0 Å². The van der Waals surface area contributed by atoms with E-state index < -0.39 is 0 Å². The van der Waals surface area contributed by atoms with E-state index in [2.05, 4.69) is 25.9 Å². The maximum absolute atomic E-state index is 12.6. The lowest BCUT2D eigenvalue weighted by atomic mass is 10.2. The van der Waals surface area contributed by atoms with Crippen LogP contribution in [0.1, 0.15) is 5.56 Å². The van der Waals surface area contributed by atoms with Crippen molar-refractivity contribution in [3.63, 3.8) is 0 Å². The normalized spacial score (nSPS) is 10.7. The molecule has 0 bridgehead atoms. The Morgan fingerprint density at radius 2 is 1.88 bits per heavy atom.